The van der Waals surface area contributed by atoms with Gasteiger partial charge in [-0.15, -0.1) is 11.3 Å². The second-order valence-corrected chi connectivity index (χ2v) is 9.62. The van der Waals surface area contributed by atoms with Gasteiger partial charge in [-0.3, -0.25) is 14.6 Å². The quantitative estimate of drug-likeness (QED) is 0.787. The smallest absolute Gasteiger partial charge is 0.222 e. The van der Waals surface area contributed by atoms with Crippen molar-refractivity contribution in [2.24, 2.45) is 5.41 Å². The summed E-state index contributed by atoms with van der Waals surface area (Å²) in [5.74, 6) is 0.361. The van der Waals surface area contributed by atoms with Crippen molar-refractivity contribution in [2.45, 2.75) is 58.5 Å². The number of carbonyl (C=O) groups is 1. The van der Waals surface area contributed by atoms with Crippen LogP contribution in [-0.4, -0.2) is 59.9 Å². The van der Waals surface area contributed by atoms with E-state index in [1.54, 1.807) is 0 Å². The van der Waals surface area contributed by atoms with E-state index in [1.807, 2.05) is 11.3 Å². The molecule has 1 atom stereocenters. The second-order valence-electron chi connectivity index (χ2n) is 8.63. The van der Waals surface area contributed by atoms with E-state index in [9.17, 15) is 4.79 Å². The maximum atomic E-state index is 12.1. The third-order valence-electron chi connectivity index (χ3n) is 6.56. The molecule has 5 heteroatoms. The molecule has 1 aromatic rings. The highest BCUT2D eigenvalue weighted by Gasteiger charge is 2.41. The molecule has 0 saturated carbocycles. The van der Waals surface area contributed by atoms with E-state index in [4.69, 9.17) is 0 Å². The maximum absolute atomic E-state index is 12.1. The van der Waals surface area contributed by atoms with Crippen LogP contribution in [0.15, 0.2) is 11.4 Å². The average molecular weight is 376 g/mol. The number of hydrogen-bond donors (Lipinski definition) is 0. The van der Waals surface area contributed by atoms with Gasteiger partial charge in [-0.2, -0.15) is 0 Å². The number of likely N-dealkylation sites (tertiary alicyclic amines) is 3. The Morgan fingerprint density at radius 3 is 2.65 bits per heavy atom. The van der Waals surface area contributed by atoms with Crippen molar-refractivity contribution in [1.82, 2.24) is 14.7 Å². The monoisotopic (exact) mass is 375 g/mol. The van der Waals surface area contributed by atoms with Gasteiger partial charge in [0, 0.05) is 49.4 Å². The summed E-state index contributed by atoms with van der Waals surface area (Å²) in [6.07, 6.45) is 7.13. The van der Waals surface area contributed by atoms with E-state index in [-0.39, 0.29) is 0 Å². The molecule has 3 aliphatic rings. The van der Waals surface area contributed by atoms with Gasteiger partial charge in [-0.05, 0) is 75.7 Å². The topological polar surface area (TPSA) is 26.8 Å². The van der Waals surface area contributed by atoms with Gasteiger partial charge in [0.05, 0.1) is 0 Å². The van der Waals surface area contributed by atoms with Gasteiger partial charge in [-0.1, -0.05) is 0 Å². The molecule has 4 nitrogen and oxygen atoms in total. The molecule has 0 aromatic carbocycles. The van der Waals surface area contributed by atoms with Gasteiger partial charge < -0.3 is 4.90 Å². The summed E-state index contributed by atoms with van der Waals surface area (Å²) >= 11 is 1.93. The minimum Gasteiger partial charge on any atom is -0.342 e. The van der Waals surface area contributed by atoms with Crippen LogP contribution in [0, 0.1) is 5.41 Å². The molecule has 1 aromatic heterocycles. The van der Waals surface area contributed by atoms with Crippen LogP contribution in [0.5, 0.6) is 0 Å². The van der Waals surface area contributed by atoms with Gasteiger partial charge >= 0.3 is 0 Å². The SMILES string of the molecule is CCN1C[C@]2(CCCN(Cc3cc(CN4CCCC4)cs3)C2)CCC1=O. The Labute approximate surface area is 162 Å². The Balaban J connectivity index is 1.35. The largest absolute Gasteiger partial charge is 0.342 e. The molecular weight excluding hydrogens is 342 g/mol. The van der Waals surface area contributed by atoms with Crippen molar-refractivity contribution in [1.29, 1.82) is 0 Å². The number of carbonyl (C=O) groups excluding carboxylic acids is 1. The minimum atomic E-state index is 0.345. The first-order chi connectivity index (χ1) is 12.7. The van der Waals surface area contributed by atoms with Gasteiger partial charge in [0.15, 0.2) is 0 Å². The van der Waals surface area contributed by atoms with Crippen LogP contribution in [-0.2, 0) is 17.9 Å². The van der Waals surface area contributed by atoms with Crippen LogP contribution in [0.25, 0.3) is 0 Å². The zero-order valence-corrected chi connectivity index (χ0v) is 17.0. The third kappa shape index (κ3) is 4.15. The highest BCUT2D eigenvalue weighted by atomic mass is 32.1. The Kier molecular flexibility index (Phi) is 5.67. The molecule has 3 aliphatic heterocycles. The van der Waals surface area contributed by atoms with Crippen molar-refractivity contribution in [2.75, 3.05) is 39.3 Å². The molecule has 0 bridgehead atoms. The zero-order valence-electron chi connectivity index (χ0n) is 16.2. The highest BCUT2D eigenvalue weighted by molar-refractivity contribution is 7.10. The molecule has 26 heavy (non-hydrogen) atoms. The number of amides is 1. The lowest BCUT2D eigenvalue weighted by atomic mass is 9.73. The fraction of sp³-hybridized carbons (Fsp3) is 0.762. The average Bonchev–Trinajstić information content (AvgIpc) is 3.30. The van der Waals surface area contributed by atoms with Crippen molar-refractivity contribution in [3.05, 3.63) is 21.9 Å². The molecule has 0 unspecified atom stereocenters. The molecular formula is C21H33N3OS. The van der Waals surface area contributed by atoms with E-state index >= 15 is 0 Å². The van der Waals surface area contributed by atoms with Crippen LogP contribution in [0.4, 0.5) is 0 Å². The molecule has 0 aliphatic carbocycles. The third-order valence-corrected chi connectivity index (χ3v) is 7.53. The highest BCUT2D eigenvalue weighted by Crippen LogP contribution is 2.39. The van der Waals surface area contributed by atoms with Gasteiger partial charge in [-0.25, -0.2) is 0 Å². The fourth-order valence-electron chi connectivity index (χ4n) is 5.18. The van der Waals surface area contributed by atoms with Crippen molar-refractivity contribution in [3.63, 3.8) is 0 Å². The van der Waals surface area contributed by atoms with E-state index < -0.39 is 0 Å². The second kappa shape index (κ2) is 7.99. The predicted molar refractivity (Wildman–Crippen MR) is 107 cm³/mol. The van der Waals surface area contributed by atoms with Crippen molar-refractivity contribution in [3.8, 4) is 0 Å². The van der Waals surface area contributed by atoms with E-state index in [1.165, 1.54) is 55.8 Å². The maximum Gasteiger partial charge on any atom is 0.222 e. The molecule has 3 fully saturated rings. The molecule has 4 heterocycles. The molecule has 0 radical (unpaired) electrons. The summed E-state index contributed by atoms with van der Waals surface area (Å²) < 4.78 is 0. The summed E-state index contributed by atoms with van der Waals surface area (Å²) in [5.41, 5.74) is 1.84. The van der Waals surface area contributed by atoms with E-state index in [0.29, 0.717) is 11.3 Å². The summed E-state index contributed by atoms with van der Waals surface area (Å²) in [7, 11) is 0. The minimum absolute atomic E-state index is 0.345. The molecule has 1 spiro atoms. The van der Waals surface area contributed by atoms with E-state index in [0.717, 1.165) is 45.6 Å². The Morgan fingerprint density at radius 2 is 1.85 bits per heavy atom. The van der Waals surface area contributed by atoms with Crippen LogP contribution in [0.1, 0.15) is 55.9 Å². The molecule has 4 rings (SSSR count). The number of piperidine rings is 2. The van der Waals surface area contributed by atoms with Crippen LogP contribution in [0.3, 0.4) is 0 Å². The normalized spacial score (nSPS) is 28.3. The number of nitrogens with zero attached hydrogens (tertiary/aromatic N) is 3. The summed E-state index contributed by atoms with van der Waals surface area (Å²) in [6, 6.07) is 2.44. The first-order valence-electron chi connectivity index (χ1n) is 10.4. The molecule has 0 N–H and O–H groups in total. The lowest BCUT2D eigenvalue weighted by molar-refractivity contribution is -0.139. The number of hydrogen-bond acceptors (Lipinski definition) is 4. The zero-order chi connectivity index (χ0) is 18.0. The van der Waals surface area contributed by atoms with Crippen molar-refractivity contribution < 1.29 is 4.79 Å². The number of rotatable bonds is 5. The molecule has 144 valence electrons. The predicted octanol–water partition coefficient (Wildman–Crippen LogP) is 3.57. The van der Waals surface area contributed by atoms with E-state index in [2.05, 4.69) is 33.1 Å². The van der Waals surface area contributed by atoms with Gasteiger partial charge in [0.25, 0.3) is 0 Å². The van der Waals surface area contributed by atoms with Crippen molar-refractivity contribution >= 4 is 17.2 Å². The Hall–Kier alpha value is -0.910. The van der Waals surface area contributed by atoms with Crippen LogP contribution < -0.4 is 0 Å². The standard InChI is InChI=1S/C21H33N3OS/c1-2-24-17-21(8-6-20(24)25)7-5-11-23(16-21)14-19-12-18(15-26-19)13-22-9-3-4-10-22/h12,15H,2-11,13-14,16-17H2,1H3/t21-/m1/s1. The molecule has 3 saturated heterocycles. The molecule has 1 amide bonds. The number of thiophene rings is 1. The van der Waals surface area contributed by atoms with Crippen LogP contribution in [0.2, 0.25) is 0 Å². The summed E-state index contributed by atoms with van der Waals surface area (Å²) in [4.78, 5) is 20.9. The lowest BCUT2D eigenvalue weighted by Gasteiger charge is -2.48. The van der Waals surface area contributed by atoms with Gasteiger partial charge in [0.1, 0.15) is 0 Å². The van der Waals surface area contributed by atoms with Crippen LogP contribution >= 0.6 is 11.3 Å². The first-order valence-corrected chi connectivity index (χ1v) is 11.3. The summed E-state index contributed by atoms with van der Waals surface area (Å²) in [5, 5.41) is 2.37. The lowest BCUT2D eigenvalue weighted by Crippen LogP contribution is -2.53. The Bertz CT molecular complexity index is 625. The fourth-order valence-corrected chi connectivity index (χ4v) is 6.10. The van der Waals surface area contributed by atoms with Gasteiger partial charge in [0.2, 0.25) is 5.91 Å². The summed E-state index contributed by atoms with van der Waals surface area (Å²) in [6.45, 7) is 11.1. The first kappa shape index (κ1) is 18.5. The Morgan fingerprint density at radius 1 is 1.04 bits per heavy atom.